The number of piperidine rings is 2. The molecule has 2 aromatic carbocycles. The number of hydrogen-bond donors (Lipinski definition) is 0. The number of esters is 1. The molecule has 0 spiro atoms. The summed E-state index contributed by atoms with van der Waals surface area (Å²) >= 11 is 0. The minimum Gasteiger partial charge on any atom is -0.466 e. The first-order valence-electron chi connectivity index (χ1n) is 15.0. The summed E-state index contributed by atoms with van der Waals surface area (Å²) < 4.78 is 101. The highest BCUT2D eigenvalue weighted by atomic mass is 19.4. The van der Waals surface area contributed by atoms with E-state index in [9.17, 15) is 40.3 Å². The van der Waals surface area contributed by atoms with Gasteiger partial charge in [0.05, 0.1) is 35.2 Å². The van der Waals surface area contributed by atoms with Crippen LogP contribution in [0.3, 0.4) is 0 Å². The average Bonchev–Trinajstić information content (AvgIpc) is 3.55. The van der Waals surface area contributed by atoms with Crippen LogP contribution in [0.1, 0.15) is 73.0 Å². The first-order chi connectivity index (χ1) is 21.0. The molecule has 3 fully saturated rings. The van der Waals surface area contributed by atoms with Crippen LogP contribution in [0.25, 0.3) is 0 Å². The van der Waals surface area contributed by atoms with Gasteiger partial charge < -0.3 is 14.5 Å². The zero-order chi connectivity index (χ0) is 33.1. The van der Waals surface area contributed by atoms with E-state index in [1.165, 1.54) is 26.1 Å². The van der Waals surface area contributed by atoms with Gasteiger partial charge in [-0.2, -0.15) is 26.3 Å². The summed E-state index contributed by atoms with van der Waals surface area (Å²) in [6.45, 7) is 6.65. The molecule has 2 saturated heterocycles. The van der Waals surface area contributed by atoms with Gasteiger partial charge in [0.2, 0.25) is 0 Å². The average molecular weight is 644 g/mol. The summed E-state index contributed by atoms with van der Waals surface area (Å²) in [4.78, 5) is 31.6. The fraction of sp³-hybridized carbons (Fsp3) is 0.562. The van der Waals surface area contributed by atoms with Crippen LogP contribution in [-0.4, -0.2) is 66.0 Å². The molecule has 0 unspecified atom stereocenters. The highest BCUT2D eigenvalue weighted by Gasteiger charge is 2.66. The molecule has 246 valence electrons. The second-order valence-electron chi connectivity index (χ2n) is 12.5. The molecule has 13 heteroatoms. The van der Waals surface area contributed by atoms with Gasteiger partial charge in [0.25, 0.3) is 0 Å². The van der Waals surface area contributed by atoms with E-state index < -0.39 is 52.8 Å². The lowest BCUT2D eigenvalue weighted by Gasteiger charge is -2.45. The predicted molar refractivity (Wildman–Crippen MR) is 150 cm³/mol. The number of rotatable bonds is 6. The Balaban J connectivity index is 1.41. The van der Waals surface area contributed by atoms with Crippen molar-refractivity contribution in [3.05, 3.63) is 70.0 Å². The fourth-order valence-corrected chi connectivity index (χ4v) is 7.02. The third kappa shape index (κ3) is 6.37. The van der Waals surface area contributed by atoms with Crippen LogP contribution < -0.4 is 0 Å². The van der Waals surface area contributed by atoms with Crippen molar-refractivity contribution >= 4 is 12.0 Å². The van der Waals surface area contributed by atoms with Gasteiger partial charge in [0, 0.05) is 32.7 Å². The maximum absolute atomic E-state index is 14.1. The van der Waals surface area contributed by atoms with E-state index in [0.29, 0.717) is 55.8 Å². The molecule has 5 rings (SSSR count). The van der Waals surface area contributed by atoms with Crippen molar-refractivity contribution in [3.63, 3.8) is 0 Å². The molecule has 2 amide bonds. The monoisotopic (exact) mass is 643 g/mol. The lowest BCUT2D eigenvalue weighted by atomic mass is 9.88. The van der Waals surface area contributed by atoms with Crippen molar-refractivity contribution in [2.24, 2.45) is 11.3 Å². The second-order valence-corrected chi connectivity index (χ2v) is 12.5. The van der Waals surface area contributed by atoms with Crippen LogP contribution in [0.2, 0.25) is 0 Å². The first kappa shape index (κ1) is 33.0. The van der Waals surface area contributed by atoms with Gasteiger partial charge >= 0.3 is 24.4 Å². The lowest BCUT2D eigenvalue weighted by Crippen LogP contribution is -2.52. The van der Waals surface area contributed by atoms with Crippen molar-refractivity contribution in [1.82, 2.24) is 14.7 Å². The van der Waals surface area contributed by atoms with Gasteiger partial charge in [-0.05, 0) is 93.0 Å². The van der Waals surface area contributed by atoms with Gasteiger partial charge in [-0.25, -0.2) is 9.18 Å². The number of fused-ring (bicyclic) bond motifs is 1. The normalized spacial score (nSPS) is 25.9. The van der Waals surface area contributed by atoms with Gasteiger partial charge in [-0.3, -0.25) is 9.69 Å². The maximum Gasteiger partial charge on any atom is 0.416 e. The van der Waals surface area contributed by atoms with E-state index >= 15 is 0 Å². The van der Waals surface area contributed by atoms with Crippen molar-refractivity contribution in [2.75, 3.05) is 33.3 Å². The smallest absolute Gasteiger partial charge is 0.416 e. The van der Waals surface area contributed by atoms with E-state index in [1.54, 1.807) is 24.8 Å². The number of urea groups is 1. The molecule has 2 aromatic rings. The maximum atomic E-state index is 14.1. The third-order valence-electron chi connectivity index (χ3n) is 9.76. The van der Waals surface area contributed by atoms with Crippen molar-refractivity contribution in [2.45, 2.75) is 70.5 Å². The molecular weight excluding hydrogens is 607 g/mol. The quantitative estimate of drug-likeness (QED) is 0.244. The summed E-state index contributed by atoms with van der Waals surface area (Å²) in [7, 11) is 1.35. The molecule has 2 aliphatic heterocycles. The molecule has 45 heavy (non-hydrogen) atoms. The Bertz CT molecular complexity index is 1430. The number of amides is 2. The van der Waals surface area contributed by atoms with Gasteiger partial charge in [-0.1, -0.05) is 6.07 Å². The minimum atomic E-state index is -5.02. The Morgan fingerprint density at radius 1 is 1.07 bits per heavy atom. The molecule has 0 bridgehead atoms. The van der Waals surface area contributed by atoms with Crippen molar-refractivity contribution < 1.29 is 45.1 Å². The predicted octanol–water partition coefficient (Wildman–Crippen LogP) is 7.38. The van der Waals surface area contributed by atoms with Crippen molar-refractivity contribution in [1.29, 1.82) is 0 Å². The van der Waals surface area contributed by atoms with Crippen LogP contribution in [0.5, 0.6) is 0 Å². The highest BCUT2D eigenvalue weighted by Crippen LogP contribution is 2.59. The minimum absolute atomic E-state index is 0.0110. The summed E-state index contributed by atoms with van der Waals surface area (Å²) in [6, 6.07) is 3.31. The number of carbonyl (C=O) groups excluding carboxylic acids is 2. The summed E-state index contributed by atoms with van der Waals surface area (Å²) in [5, 5.41) is 0. The number of halogens is 7. The first-order valence-corrected chi connectivity index (χ1v) is 15.0. The Kier molecular flexibility index (Phi) is 8.65. The Morgan fingerprint density at radius 2 is 1.71 bits per heavy atom. The SMILES string of the molecule is CCOC(=O)[C@@]12C[C@@H]1CN([C@H]1CCN(C(=O)N(C)[C@@H](C)c3cc(C(F)(F)F)cc(C(F)(F)F)c3)[C@@H](c3ccc(F)cc3C)C1)C2. The molecule has 0 N–H and O–H groups in total. The Morgan fingerprint density at radius 3 is 2.29 bits per heavy atom. The molecule has 2 heterocycles. The van der Waals surface area contributed by atoms with E-state index in [4.69, 9.17) is 4.74 Å². The summed E-state index contributed by atoms with van der Waals surface area (Å²) in [6.07, 6.45) is -8.28. The number of aryl methyl sites for hydroxylation is 1. The van der Waals surface area contributed by atoms with E-state index in [-0.39, 0.29) is 36.1 Å². The van der Waals surface area contributed by atoms with Crippen molar-refractivity contribution in [3.8, 4) is 0 Å². The number of hydrogen-bond acceptors (Lipinski definition) is 4. The van der Waals surface area contributed by atoms with E-state index in [1.807, 2.05) is 0 Å². The number of nitrogens with zero attached hydrogens (tertiary/aromatic N) is 3. The zero-order valence-corrected chi connectivity index (χ0v) is 25.4. The van der Waals surface area contributed by atoms with Crippen LogP contribution in [-0.2, 0) is 21.9 Å². The lowest BCUT2D eigenvalue weighted by molar-refractivity contribution is -0.150. The van der Waals surface area contributed by atoms with Crippen LogP contribution in [0, 0.1) is 24.1 Å². The molecule has 1 saturated carbocycles. The van der Waals surface area contributed by atoms with Crippen LogP contribution >= 0.6 is 0 Å². The largest absolute Gasteiger partial charge is 0.466 e. The number of benzene rings is 2. The molecular formula is C32H36F7N3O3. The zero-order valence-electron chi connectivity index (χ0n) is 25.4. The number of alkyl halides is 6. The van der Waals surface area contributed by atoms with E-state index in [0.717, 1.165) is 11.3 Å². The second kappa shape index (κ2) is 11.8. The van der Waals surface area contributed by atoms with Gasteiger partial charge in [0.15, 0.2) is 0 Å². The standard InChI is InChI=1S/C32H36F7N3O3/c1-5-45-28(43)30-15-23(30)16-41(17-30)25-8-9-42(27(14-25)26-7-6-24(33)10-18(26)2)29(44)40(4)19(3)20-11-21(31(34,35)36)13-22(12-20)32(37,38)39/h6-7,10-13,19,23,25,27H,5,8-9,14-17H2,1-4H3/t19-,23+,25-,27+,30+/m0/s1. The Labute approximate surface area is 257 Å². The Hall–Kier alpha value is -3.35. The summed E-state index contributed by atoms with van der Waals surface area (Å²) in [5.41, 5.74) is -2.43. The molecule has 0 radical (unpaired) electrons. The molecule has 3 aliphatic rings. The van der Waals surface area contributed by atoms with E-state index in [2.05, 4.69) is 4.90 Å². The van der Waals surface area contributed by atoms with Gasteiger partial charge in [-0.15, -0.1) is 0 Å². The topological polar surface area (TPSA) is 53.1 Å². The molecule has 0 aromatic heterocycles. The number of likely N-dealkylation sites (tertiary alicyclic amines) is 2. The molecule has 1 aliphatic carbocycles. The molecule has 6 nitrogen and oxygen atoms in total. The number of carbonyl (C=O) groups is 2. The van der Waals surface area contributed by atoms with Gasteiger partial charge in [0.1, 0.15) is 5.82 Å². The van der Waals surface area contributed by atoms with Crippen LogP contribution in [0.15, 0.2) is 36.4 Å². The highest BCUT2D eigenvalue weighted by molar-refractivity contribution is 5.81. The number of ether oxygens (including phenoxy) is 1. The molecule has 5 atom stereocenters. The fourth-order valence-electron chi connectivity index (χ4n) is 7.02. The van der Waals surface area contributed by atoms with Crippen LogP contribution in [0.4, 0.5) is 35.5 Å². The summed E-state index contributed by atoms with van der Waals surface area (Å²) in [5.74, 6) is -0.452. The third-order valence-corrected chi connectivity index (χ3v) is 9.76.